The van der Waals surface area contributed by atoms with E-state index in [-0.39, 0.29) is 17.9 Å². The fourth-order valence-electron chi connectivity index (χ4n) is 2.54. The summed E-state index contributed by atoms with van der Waals surface area (Å²) in [5.41, 5.74) is -1.17. The molecule has 4 heteroatoms. The standard InChI is InChI=1S/C13H23NO3/c1-12(2,10-4-3-5-10)8-14-11(15)13(16)6-7-17-9-13/h10,16H,3-9H2,1-2H3,(H,14,15). The van der Waals surface area contributed by atoms with E-state index in [0.717, 1.165) is 0 Å². The zero-order valence-electron chi connectivity index (χ0n) is 10.8. The Morgan fingerprint density at radius 1 is 1.53 bits per heavy atom. The highest BCUT2D eigenvalue weighted by atomic mass is 16.5. The van der Waals surface area contributed by atoms with Crippen LogP contribution in [-0.4, -0.2) is 36.4 Å². The van der Waals surface area contributed by atoms with Gasteiger partial charge in [-0.2, -0.15) is 0 Å². The fraction of sp³-hybridized carbons (Fsp3) is 0.923. The molecule has 0 aromatic carbocycles. The summed E-state index contributed by atoms with van der Waals surface area (Å²) >= 11 is 0. The topological polar surface area (TPSA) is 58.6 Å². The van der Waals surface area contributed by atoms with Crippen LogP contribution in [0.5, 0.6) is 0 Å². The fourth-order valence-corrected chi connectivity index (χ4v) is 2.54. The normalized spacial score (nSPS) is 30.1. The van der Waals surface area contributed by atoms with E-state index in [4.69, 9.17) is 4.74 Å². The van der Waals surface area contributed by atoms with E-state index in [1.165, 1.54) is 19.3 Å². The van der Waals surface area contributed by atoms with Crippen LogP contribution in [0.3, 0.4) is 0 Å². The van der Waals surface area contributed by atoms with Gasteiger partial charge < -0.3 is 15.2 Å². The first-order valence-corrected chi connectivity index (χ1v) is 6.52. The molecule has 0 radical (unpaired) electrons. The van der Waals surface area contributed by atoms with Crippen molar-refractivity contribution in [1.29, 1.82) is 0 Å². The molecular weight excluding hydrogens is 218 g/mol. The molecule has 17 heavy (non-hydrogen) atoms. The van der Waals surface area contributed by atoms with Crippen molar-refractivity contribution in [3.63, 3.8) is 0 Å². The van der Waals surface area contributed by atoms with Gasteiger partial charge in [0.2, 0.25) is 0 Å². The van der Waals surface area contributed by atoms with Crippen LogP contribution in [0.2, 0.25) is 0 Å². The van der Waals surface area contributed by atoms with Crippen LogP contribution in [-0.2, 0) is 9.53 Å². The molecule has 1 saturated heterocycles. The summed E-state index contributed by atoms with van der Waals surface area (Å²) in [5.74, 6) is 0.430. The van der Waals surface area contributed by atoms with E-state index >= 15 is 0 Å². The second-order valence-corrected chi connectivity index (χ2v) is 6.13. The minimum atomic E-state index is -1.30. The van der Waals surface area contributed by atoms with Crippen LogP contribution >= 0.6 is 0 Å². The molecule has 1 saturated carbocycles. The van der Waals surface area contributed by atoms with Gasteiger partial charge in [-0.05, 0) is 24.2 Å². The molecule has 1 aliphatic heterocycles. The quantitative estimate of drug-likeness (QED) is 0.774. The number of hydrogen-bond acceptors (Lipinski definition) is 3. The predicted octanol–water partition coefficient (Wildman–Crippen LogP) is 1.08. The lowest BCUT2D eigenvalue weighted by molar-refractivity contribution is -0.140. The van der Waals surface area contributed by atoms with Crippen molar-refractivity contribution >= 4 is 5.91 Å². The summed E-state index contributed by atoms with van der Waals surface area (Å²) < 4.78 is 5.08. The maximum atomic E-state index is 11.9. The average molecular weight is 241 g/mol. The molecule has 2 rings (SSSR count). The first-order chi connectivity index (χ1) is 7.94. The lowest BCUT2D eigenvalue weighted by Gasteiger charge is -2.40. The van der Waals surface area contributed by atoms with Crippen LogP contribution in [0, 0.1) is 11.3 Å². The van der Waals surface area contributed by atoms with Crippen LogP contribution in [0.4, 0.5) is 0 Å². The van der Waals surface area contributed by atoms with E-state index in [1.807, 2.05) is 0 Å². The minimum Gasteiger partial charge on any atom is -0.378 e. The summed E-state index contributed by atoms with van der Waals surface area (Å²) in [4.78, 5) is 11.9. The SMILES string of the molecule is CC(C)(CNC(=O)C1(O)CCOC1)C1CCC1. The van der Waals surface area contributed by atoms with Gasteiger partial charge >= 0.3 is 0 Å². The number of carbonyl (C=O) groups excluding carboxylic acids is 1. The molecular formula is C13H23NO3. The van der Waals surface area contributed by atoms with Crippen molar-refractivity contribution in [2.24, 2.45) is 11.3 Å². The molecule has 98 valence electrons. The van der Waals surface area contributed by atoms with Gasteiger partial charge in [0.05, 0.1) is 13.2 Å². The highest BCUT2D eigenvalue weighted by Gasteiger charge is 2.41. The van der Waals surface area contributed by atoms with Crippen molar-refractivity contribution in [3.05, 3.63) is 0 Å². The third kappa shape index (κ3) is 2.63. The summed E-state index contributed by atoms with van der Waals surface area (Å²) in [5, 5.41) is 12.9. The Balaban J connectivity index is 1.82. The predicted molar refractivity (Wildman–Crippen MR) is 64.5 cm³/mol. The maximum Gasteiger partial charge on any atom is 0.254 e. The minimum absolute atomic E-state index is 0.128. The monoisotopic (exact) mass is 241 g/mol. The summed E-state index contributed by atoms with van der Waals surface area (Å²) in [6, 6.07) is 0. The summed E-state index contributed by atoms with van der Waals surface area (Å²) in [7, 11) is 0. The Morgan fingerprint density at radius 2 is 2.24 bits per heavy atom. The third-order valence-corrected chi connectivity index (χ3v) is 4.34. The number of amides is 1. The molecule has 0 bridgehead atoms. The van der Waals surface area contributed by atoms with E-state index in [0.29, 0.717) is 25.5 Å². The lowest BCUT2D eigenvalue weighted by Crippen LogP contribution is -2.51. The van der Waals surface area contributed by atoms with Gasteiger partial charge in [0.1, 0.15) is 0 Å². The molecule has 0 aromatic heterocycles. The molecule has 4 nitrogen and oxygen atoms in total. The van der Waals surface area contributed by atoms with E-state index in [1.54, 1.807) is 0 Å². The van der Waals surface area contributed by atoms with Gasteiger partial charge in [0, 0.05) is 13.0 Å². The second-order valence-electron chi connectivity index (χ2n) is 6.13. The molecule has 1 atom stereocenters. The summed E-state index contributed by atoms with van der Waals surface area (Å²) in [6.07, 6.45) is 4.23. The van der Waals surface area contributed by atoms with Gasteiger partial charge in [-0.3, -0.25) is 4.79 Å². The van der Waals surface area contributed by atoms with Crippen molar-refractivity contribution in [1.82, 2.24) is 5.32 Å². The van der Waals surface area contributed by atoms with Gasteiger partial charge in [-0.15, -0.1) is 0 Å². The largest absolute Gasteiger partial charge is 0.378 e. The van der Waals surface area contributed by atoms with Gasteiger partial charge in [-0.25, -0.2) is 0 Å². The molecule has 2 aliphatic rings. The number of rotatable bonds is 4. The molecule has 0 spiro atoms. The number of nitrogens with one attached hydrogen (secondary N) is 1. The summed E-state index contributed by atoms with van der Waals surface area (Å²) in [6.45, 7) is 5.61. The number of ether oxygens (including phenoxy) is 1. The van der Waals surface area contributed by atoms with Crippen molar-refractivity contribution in [3.8, 4) is 0 Å². The highest BCUT2D eigenvalue weighted by Crippen LogP contribution is 2.41. The van der Waals surface area contributed by atoms with Gasteiger partial charge in [-0.1, -0.05) is 20.3 Å². The molecule has 1 aliphatic carbocycles. The van der Waals surface area contributed by atoms with Crippen LogP contribution in [0.1, 0.15) is 39.5 Å². The van der Waals surface area contributed by atoms with E-state index in [9.17, 15) is 9.90 Å². The Kier molecular flexibility index (Phi) is 3.46. The Morgan fingerprint density at radius 3 is 2.71 bits per heavy atom. The van der Waals surface area contributed by atoms with Crippen LogP contribution in [0.15, 0.2) is 0 Å². The zero-order chi connectivity index (χ0) is 12.5. The van der Waals surface area contributed by atoms with Crippen LogP contribution < -0.4 is 5.32 Å². The van der Waals surface area contributed by atoms with E-state index in [2.05, 4.69) is 19.2 Å². The number of carbonyl (C=O) groups is 1. The zero-order valence-corrected chi connectivity index (χ0v) is 10.8. The molecule has 2 N–H and O–H groups in total. The molecule has 1 amide bonds. The smallest absolute Gasteiger partial charge is 0.254 e. The first-order valence-electron chi connectivity index (χ1n) is 6.52. The van der Waals surface area contributed by atoms with Crippen molar-refractivity contribution in [2.45, 2.75) is 45.1 Å². The Bertz CT molecular complexity index is 291. The molecule has 0 aromatic rings. The van der Waals surface area contributed by atoms with Crippen molar-refractivity contribution < 1.29 is 14.6 Å². The molecule has 2 fully saturated rings. The lowest BCUT2D eigenvalue weighted by atomic mass is 9.67. The Labute approximate surface area is 103 Å². The van der Waals surface area contributed by atoms with Gasteiger partial charge in [0.15, 0.2) is 5.60 Å². The Hall–Kier alpha value is -0.610. The third-order valence-electron chi connectivity index (χ3n) is 4.34. The van der Waals surface area contributed by atoms with Crippen molar-refractivity contribution in [2.75, 3.05) is 19.8 Å². The average Bonchev–Trinajstić information content (AvgIpc) is 2.59. The highest BCUT2D eigenvalue weighted by molar-refractivity contribution is 5.85. The maximum absolute atomic E-state index is 11.9. The van der Waals surface area contributed by atoms with Gasteiger partial charge in [0.25, 0.3) is 5.91 Å². The molecule has 1 unspecified atom stereocenters. The van der Waals surface area contributed by atoms with Crippen LogP contribution in [0.25, 0.3) is 0 Å². The first kappa shape index (κ1) is 12.8. The number of aliphatic hydroxyl groups is 1. The second kappa shape index (κ2) is 4.58. The molecule has 1 heterocycles. The van der Waals surface area contributed by atoms with E-state index < -0.39 is 5.60 Å². The number of hydrogen-bond donors (Lipinski definition) is 2.